The molecule has 0 saturated carbocycles. The predicted octanol–water partition coefficient (Wildman–Crippen LogP) is 1.91. The van der Waals surface area contributed by atoms with Gasteiger partial charge in [0.25, 0.3) is 10.1 Å². The second-order valence-electron chi connectivity index (χ2n) is 8.35. The highest BCUT2D eigenvalue weighted by atomic mass is 32.2. The highest BCUT2D eigenvalue weighted by Gasteiger charge is 2.32. The fraction of sp³-hybridized carbons (Fsp3) is 0.833. The number of hydrogen-bond acceptors (Lipinski definition) is 9. The third kappa shape index (κ3) is 13.9. The first-order valence-corrected chi connectivity index (χ1v) is 11.0. The molecule has 0 fully saturated rings. The molecule has 1 N–H and O–H groups in total. The van der Waals surface area contributed by atoms with Crippen molar-refractivity contribution < 1.29 is 41.2 Å². The largest absolute Gasteiger partial charge is 0.464 e. The van der Waals surface area contributed by atoms with Gasteiger partial charge in [-0.2, -0.15) is 8.42 Å². The molecule has 0 aliphatic carbocycles. The van der Waals surface area contributed by atoms with Crippen LogP contribution >= 0.6 is 0 Å². The molecular formula is C18H33NO9S. The molecular weight excluding hydrogens is 406 g/mol. The van der Waals surface area contributed by atoms with E-state index in [1.807, 2.05) is 0 Å². The Morgan fingerprint density at radius 1 is 0.897 bits per heavy atom. The van der Waals surface area contributed by atoms with Gasteiger partial charge in [-0.1, -0.05) is 0 Å². The third-order valence-corrected chi connectivity index (χ3v) is 3.52. The summed E-state index contributed by atoms with van der Waals surface area (Å²) in [5.74, 6) is -1.65. The lowest BCUT2D eigenvalue weighted by Crippen LogP contribution is -2.46. The van der Waals surface area contributed by atoms with E-state index < -0.39 is 51.5 Å². The standard InChI is InChI=1S/C18H33NO9S/c1-9-25-15(21)13(28-29(8,23)24)11-10-12(14(20)26-17(2,3)4)19-16(22)27-18(5,6)7/h12-13H,9-11H2,1-8H3,(H,19,22)/t12-,13?/m0/s1. The maximum absolute atomic E-state index is 12.5. The molecule has 0 aromatic heterocycles. The molecule has 0 aliphatic heterocycles. The van der Waals surface area contributed by atoms with Crippen molar-refractivity contribution in [3.8, 4) is 0 Å². The lowest BCUT2D eigenvalue weighted by Gasteiger charge is -2.26. The second kappa shape index (κ2) is 10.8. The minimum absolute atomic E-state index is 0.0219. The average Bonchev–Trinajstić information content (AvgIpc) is 2.45. The molecule has 0 radical (unpaired) electrons. The van der Waals surface area contributed by atoms with Crippen LogP contribution in [0.25, 0.3) is 0 Å². The van der Waals surface area contributed by atoms with Gasteiger partial charge in [-0.25, -0.2) is 14.4 Å². The minimum Gasteiger partial charge on any atom is -0.464 e. The minimum atomic E-state index is -3.96. The lowest BCUT2D eigenvalue weighted by molar-refractivity contribution is -0.159. The quantitative estimate of drug-likeness (QED) is 0.325. The van der Waals surface area contributed by atoms with Gasteiger partial charge in [0.15, 0.2) is 6.10 Å². The fourth-order valence-corrected chi connectivity index (χ4v) is 2.64. The van der Waals surface area contributed by atoms with E-state index in [4.69, 9.17) is 18.4 Å². The molecule has 0 aromatic rings. The van der Waals surface area contributed by atoms with Crippen LogP contribution in [-0.2, 0) is 38.1 Å². The zero-order chi connectivity index (χ0) is 23.0. The van der Waals surface area contributed by atoms with Gasteiger partial charge >= 0.3 is 18.0 Å². The molecule has 0 bridgehead atoms. The summed E-state index contributed by atoms with van der Waals surface area (Å²) >= 11 is 0. The van der Waals surface area contributed by atoms with Gasteiger partial charge < -0.3 is 19.5 Å². The molecule has 170 valence electrons. The Morgan fingerprint density at radius 2 is 1.41 bits per heavy atom. The van der Waals surface area contributed by atoms with Crippen LogP contribution in [0.1, 0.15) is 61.3 Å². The summed E-state index contributed by atoms with van der Waals surface area (Å²) in [6, 6.07) is -1.19. The van der Waals surface area contributed by atoms with Crippen LogP contribution in [0.2, 0.25) is 0 Å². The summed E-state index contributed by atoms with van der Waals surface area (Å²) in [4.78, 5) is 36.6. The van der Waals surface area contributed by atoms with E-state index >= 15 is 0 Å². The molecule has 2 atom stereocenters. The fourth-order valence-electron chi connectivity index (χ4n) is 2.04. The number of ether oxygens (including phenoxy) is 3. The average molecular weight is 440 g/mol. The van der Waals surface area contributed by atoms with Crippen LogP contribution in [0.5, 0.6) is 0 Å². The Labute approximate surface area is 172 Å². The van der Waals surface area contributed by atoms with E-state index in [0.717, 1.165) is 6.26 Å². The van der Waals surface area contributed by atoms with E-state index in [0.29, 0.717) is 0 Å². The predicted molar refractivity (Wildman–Crippen MR) is 105 cm³/mol. The number of carbonyl (C=O) groups excluding carboxylic acids is 3. The van der Waals surface area contributed by atoms with Gasteiger partial charge in [0.1, 0.15) is 17.2 Å². The normalized spacial score (nSPS) is 14.5. The maximum Gasteiger partial charge on any atom is 0.408 e. The first-order valence-electron chi connectivity index (χ1n) is 9.21. The summed E-state index contributed by atoms with van der Waals surface area (Å²) in [5.41, 5.74) is -1.62. The van der Waals surface area contributed by atoms with Crippen LogP contribution in [0, 0.1) is 0 Å². The Kier molecular flexibility index (Phi) is 10.1. The molecule has 29 heavy (non-hydrogen) atoms. The monoisotopic (exact) mass is 439 g/mol. The topological polar surface area (TPSA) is 134 Å². The molecule has 0 spiro atoms. The van der Waals surface area contributed by atoms with Crippen molar-refractivity contribution in [3.63, 3.8) is 0 Å². The van der Waals surface area contributed by atoms with E-state index in [2.05, 4.69) is 5.32 Å². The van der Waals surface area contributed by atoms with Gasteiger partial charge in [0.05, 0.1) is 12.9 Å². The zero-order valence-corrected chi connectivity index (χ0v) is 19.2. The maximum atomic E-state index is 12.5. The van der Waals surface area contributed by atoms with Gasteiger partial charge in [-0.3, -0.25) is 4.18 Å². The Morgan fingerprint density at radius 3 is 1.83 bits per heavy atom. The van der Waals surface area contributed by atoms with Gasteiger partial charge in [0.2, 0.25) is 0 Å². The summed E-state index contributed by atoms with van der Waals surface area (Å²) in [5, 5.41) is 2.39. The van der Waals surface area contributed by atoms with Crippen molar-refractivity contribution in [2.75, 3.05) is 12.9 Å². The lowest BCUT2D eigenvalue weighted by atomic mass is 10.1. The number of amides is 1. The van der Waals surface area contributed by atoms with E-state index in [1.54, 1.807) is 48.5 Å². The van der Waals surface area contributed by atoms with Gasteiger partial charge in [0, 0.05) is 0 Å². The van der Waals surface area contributed by atoms with Crippen LogP contribution in [0.15, 0.2) is 0 Å². The Bertz CT molecular complexity index is 674. The molecule has 1 amide bonds. The zero-order valence-electron chi connectivity index (χ0n) is 18.4. The van der Waals surface area contributed by atoms with Crippen LogP contribution < -0.4 is 5.32 Å². The molecule has 0 saturated heterocycles. The summed E-state index contributed by atoms with van der Waals surface area (Å²) in [7, 11) is -3.96. The van der Waals surface area contributed by atoms with Crippen molar-refractivity contribution in [2.45, 2.75) is 84.7 Å². The Hall–Kier alpha value is -1.88. The molecule has 0 aromatic carbocycles. The molecule has 1 unspecified atom stereocenters. The van der Waals surface area contributed by atoms with Crippen molar-refractivity contribution >= 4 is 28.1 Å². The number of hydrogen-bond donors (Lipinski definition) is 1. The first kappa shape index (κ1) is 27.1. The van der Waals surface area contributed by atoms with Crippen molar-refractivity contribution in [1.82, 2.24) is 5.32 Å². The smallest absolute Gasteiger partial charge is 0.408 e. The number of nitrogens with one attached hydrogen (secondary N) is 1. The Balaban J connectivity index is 5.39. The highest BCUT2D eigenvalue weighted by Crippen LogP contribution is 2.15. The number of esters is 2. The second-order valence-corrected chi connectivity index (χ2v) is 9.95. The van der Waals surface area contributed by atoms with Crippen molar-refractivity contribution in [2.24, 2.45) is 0 Å². The highest BCUT2D eigenvalue weighted by molar-refractivity contribution is 7.86. The first-order chi connectivity index (χ1) is 12.9. The summed E-state index contributed by atoms with van der Waals surface area (Å²) < 4.78 is 42.9. The summed E-state index contributed by atoms with van der Waals surface area (Å²) in [6.45, 7) is 11.5. The molecule has 10 nitrogen and oxygen atoms in total. The van der Waals surface area contributed by atoms with Crippen LogP contribution in [-0.4, -0.2) is 62.7 Å². The van der Waals surface area contributed by atoms with Crippen molar-refractivity contribution in [1.29, 1.82) is 0 Å². The van der Waals surface area contributed by atoms with E-state index in [1.165, 1.54) is 0 Å². The van der Waals surface area contributed by atoms with Crippen molar-refractivity contribution in [3.05, 3.63) is 0 Å². The molecule has 0 heterocycles. The third-order valence-electron chi connectivity index (χ3n) is 2.94. The number of carbonyl (C=O) groups is 3. The van der Waals surface area contributed by atoms with Gasteiger partial charge in [-0.15, -0.1) is 0 Å². The van der Waals surface area contributed by atoms with E-state index in [9.17, 15) is 22.8 Å². The van der Waals surface area contributed by atoms with Crippen LogP contribution in [0.3, 0.4) is 0 Å². The molecule has 11 heteroatoms. The molecule has 0 rings (SSSR count). The number of rotatable bonds is 9. The van der Waals surface area contributed by atoms with E-state index in [-0.39, 0.29) is 19.4 Å². The summed E-state index contributed by atoms with van der Waals surface area (Å²) in [6.07, 6.45) is -1.89. The van der Waals surface area contributed by atoms with Gasteiger partial charge in [-0.05, 0) is 61.3 Å². The number of alkyl carbamates (subject to hydrolysis) is 1. The van der Waals surface area contributed by atoms with Crippen LogP contribution in [0.4, 0.5) is 4.79 Å². The SMILES string of the molecule is CCOC(=O)C(CC[C@H](NC(=O)OC(C)(C)C)C(=O)OC(C)(C)C)OS(C)(=O)=O. The molecule has 0 aliphatic rings.